The Hall–Kier alpha value is -1.63. The number of nitrogens with zero attached hydrogens (tertiary/aromatic N) is 1. The van der Waals surface area contributed by atoms with Crippen molar-refractivity contribution in [3.05, 3.63) is 58.4 Å². The summed E-state index contributed by atoms with van der Waals surface area (Å²) < 4.78 is 0.547. The number of carboxylic acid groups (broad SMARTS) is 1. The third kappa shape index (κ3) is 5.34. The third-order valence-electron chi connectivity index (χ3n) is 4.51. The summed E-state index contributed by atoms with van der Waals surface area (Å²) >= 11 is 11.3. The fourth-order valence-electron chi connectivity index (χ4n) is 2.98. The molecular formula is C20H19IN2O4S3. The molecule has 2 heterocycles. The van der Waals surface area contributed by atoms with Crippen molar-refractivity contribution >= 4 is 79.8 Å². The van der Waals surface area contributed by atoms with E-state index in [1.54, 1.807) is 23.1 Å². The Morgan fingerprint density at radius 2 is 2.10 bits per heavy atom. The van der Waals surface area contributed by atoms with Crippen molar-refractivity contribution in [1.29, 1.82) is 0 Å². The molecule has 0 aliphatic carbocycles. The average molecular weight is 574 g/mol. The van der Waals surface area contributed by atoms with Gasteiger partial charge in [0.15, 0.2) is 0 Å². The normalized spacial score (nSPS) is 18.6. The fourth-order valence-corrected chi connectivity index (χ4v) is 7.56. The van der Waals surface area contributed by atoms with Gasteiger partial charge in [-0.15, -0.1) is 11.3 Å². The van der Waals surface area contributed by atoms with E-state index in [1.165, 1.54) is 23.1 Å². The number of phenols is 1. The van der Waals surface area contributed by atoms with Crippen LogP contribution < -0.4 is 5.32 Å². The molecule has 158 valence electrons. The Labute approximate surface area is 201 Å². The molecule has 1 aromatic heterocycles. The quantitative estimate of drug-likeness (QED) is 0.230. The van der Waals surface area contributed by atoms with Crippen molar-refractivity contribution in [3.8, 4) is 5.75 Å². The summed E-state index contributed by atoms with van der Waals surface area (Å²) in [6.45, 7) is 4.85. The zero-order valence-corrected chi connectivity index (χ0v) is 20.4. The van der Waals surface area contributed by atoms with E-state index in [9.17, 15) is 14.7 Å². The predicted octanol–water partition coefficient (Wildman–Crippen LogP) is 5.09. The number of rotatable bonds is 8. The molecule has 30 heavy (non-hydrogen) atoms. The maximum Gasteiger partial charge on any atom is 0.339 e. The zero-order valence-electron chi connectivity index (χ0n) is 15.8. The van der Waals surface area contributed by atoms with E-state index in [0.29, 0.717) is 18.7 Å². The summed E-state index contributed by atoms with van der Waals surface area (Å²) in [6, 6.07) is 8.07. The first-order valence-electron chi connectivity index (χ1n) is 8.97. The number of halogens is 1. The minimum Gasteiger partial charge on any atom is -0.507 e. The largest absolute Gasteiger partial charge is 0.507 e. The van der Waals surface area contributed by atoms with E-state index in [-0.39, 0.29) is 26.4 Å². The van der Waals surface area contributed by atoms with Crippen LogP contribution in [0.5, 0.6) is 5.75 Å². The lowest BCUT2D eigenvalue weighted by Crippen LogP contribution is -2.28. The number of thiocarbonyl (C=S) groups is 1. The van der Waals surface area contributed by atoms with Crippen LogP contribution in [-0.2, 0) is 11.2 Å². The summed E-state index contributed by atoms with van der Waals surface area (Å²) in [6.07, 6.45) is 1.69. The van der Waals surface area contributed by atoms with Crippen LogP contribution in [0.2, 0.25) is 0 Å². The molecule has 1 unspecified atom stereocenters. The van der Waals surface area contributed by atoms with Crippen LogP contribution in [0.3, 0.4) is 0 Å². The summed E-state index contributed by atoms with van der Waals surface area (Å²) in [4.78, 5) is 26.4. The average Bonchev–Trinajstić information content (AvgIpc) is 3.23. The number of alkyl halides is 1. The van der Waals surface area contributed by atoms with Crippen LogP contribution in [0.25, 0.3) is 0 Å². The molecule has 2 aromatic rings. The second-order valence-corrected chi connectivity index (χ2v) is 12.2. The van der Waals surface area contributed by atoms with Crippen molar-refractivity contribution in [2.45, 2.75) is 22.0 Å². The van der Waals surface area contributed by atoms with Crippen LogP contribution in [-0.4, -0.2) is 40.6 Å². The smallest absolute Gasteiger partial charge is 0.339 e. The molecule has 1 amide bonds. The van der Waals surface area contributed by atoms with Gasteiger partial charge in [0.25, 0.3) is 0 Å². The van der Waals surface area contributed by atoms with E-state index < -0.39 is 5.97 Å². The summed E-state index contributed by atoms with van der Waals surface area (Å²) in [5.74, 6) is -1.84. The number of thioether (sulfide) groups is 1. The van der Waals surface area contributed by atoms with Gasteiger partial charge in [-0.05, 0) is 30.0 Å². The van der Waals surface area contributed by atoms with Crippen LogP contribution in [0.1, 0.15) is 28.1 Å². The van der Waals surface area contributed by atoms with E-state index in [0.717, 1.165) is 16.4 Å². The summed E-state index contributed by atoms with van der Waals surface area (Å²) in [5, 5.41) is 23.4. The van der Waals surface area contributed by atoms with Crippen LogP contribution in [0, 0.1) is 0 Å². The predicted molar refractivity (Wildman–Crippen MR) is 134 cm³/mol. The SMILES string of the molecule is C=C1N(CCCC(=O)Nc2ccc(C(=O)O)c(O)c2)C(=S)SC1(I)Cc1cccs1. The molecule has 1 aliphatic heterocycles. The Bertz CT molecular complexity index is 996. The summed E-state index contributed by atoms with van der Waals surface area (Å²) in [7, 11) is 0. The van der Waals surface area contributed by atoms with Gasteiger partial charge in [-0.3, -0.25) is 4.79 Å². The number of aromatic hydroxyl groups is 1. The topological polar surface area (TPSA) is 89.9 Å². The number of carbonyl (C=O) groups excluding carboxylic acids is 1. The van der Waals surface area contributed by atoms with E-state index in [4.69, 9.17) is 17.3 Å². The highest BCUT2D eigenvalue weighted by Crippen LogP contribution is 2.51. The Morgan fingerprint density at radius 3 is 2.73 bits per heavy atom. The van der Waals surface area contributed by atoms with Gasteiger partial charge in [-0.2, -0.15) is 0 Å². The van der Waals surface area contributed by atoms with Crippen LogP contribution >= 0.6 is 57.9 Å². The highest BCUT2D eigenvalue weighted by molar-refractivity contribution is 14.1. The third-order valence-corrected chi connectivity index (χ3v) is 8.62. The van der Waals surface area contributed by atoms with Crippen molar-refractivity contribution in [2.75, 3.05) is 11.9 Å². The Balaban J connectivity index is 1.51. The lowest BCUT2D eigenvalue weighted by molar-refractivity contribution is -0.116. The molecule has 1 atom stereocenters. The minimum absolute atomic E-state index is 0.212. The molecular weight excluding hydrogens is 555 g/mol. The molecule has 0 bridgehead atoms. The first-order chi connectivity index (χ1) is 14.2. The zero-order chi connectivity index (χ0) is 21.9. The number of benzene rings is 1. The Morgan fingerprint density at radius 1 is 1.33 bits per heavy atom. The number of aromatic carboxylic acids is 1. The van der Waals surface area contributed by atoms with E-state index >= 15 is 0 Å². The van der Waals surface area contributed by atoms with Crippen molar-refractivity contribution in [3.63, 3.8) is 0 Å². The first kappa shape index (κ1) is 23.0. The van der Waals surface area contributed by atoms with Gasteiger partial charge in [0.1, 0.15) is 18.4 Å². The second kappa shape index (κ2) is 9.67. The van der Waals surface area contributed by atoms with Crippen molar-refractivity contribution in [1.82, 2.24) is 4.90 Å². The molecule has 1 aromatic carbocycles. The lowest BCUT2D eigenvalue weighted by Gasteiger charge is -2.24. The molecule has 0 radical (unpaired) electrons. The van der Waals surface area contributed by atoms with E-state index in [1.807, 2.05) is 11.0 Å². The number of anilines is 1. The molecule has 6 nitrogen and oxygen atoms in total. The number of hydrogen-bond acceptors (Lipinski definition) is 6. The number of hydrogen-bond donors (Lipinski definition) is 3. The number of carboxylic acids is 1. The molecule has 0 spiro atoms. The summed E-state index contributed by atoms with van der Waals surface area (Å²) in [5.41, 5.74) is 1.08. The van der Waals surface area contributed by atoms with Crippen LogP contribution in [0.15, 0.2) is 48.0 Å². The van der Waals surface area contributed by atoms with Gasteiger partial charge < -0.3 is 20.4 Å². The van der Waals surface area contributed by atoms with Crippen molar-refractivity contribution < 1.29 is 19.8 Å². The number of amides is 1. The molecule has 3 rings (SSSR count). The highest BCUT2D eigenvalue weighted by atomic mass is 127. The van der Waals surface area contributed by atoms with Gasteiger partial charge >= 0.3 is 5.97 Å². The molecule has 1 aliphatic rings. The lowest BCUT2D eigenvalue weighted by atomic mass is 10.1. The molecule has 0 saturated carbocycles. The number of nitrogens with one attached hydrogen (secondary N) is 1. The van der Waals surface area contributed by atoms with Gasteiger partial charge in [0, 0.05) is 41.7 Å². The first-order valence-corrected chi connectivity index (χ1v) is 12.2. The maximum absolute atomic E-state index is 12.2. The van der Waals surface area contributed by atoms with Gasteiger partial charge in [0.2, 0.25) is 5.91 Å². The number of thiophene rings is 1. The van der Waals surface area contributed by atoms with Gasteiger partial charge in [-0.1, -0.05) is 59.2 Å². The standard InChI is InChI=1S/C20H19IN2O4S3/c1-12-20(21,11-14-4-3-9-29-14)30-19(28)23(12)8-2-5-17(25)22-13-6-7-15(18(26)27)16(24)10-13/h3-4,6-7,9-10,24H,1-2,5,8,11H2,(H,22,25)(H,26,27). The molecule has 1 fully saturated rings. The molecule has 10 heteroatoms. The van der Waals surface area contributed by atoms with Gasteiger partial charge in [-0.25, -0.2) is 4.79 Å². The second-order valence-electron chi connectivity index (χ2n) is 6.64. The highest BCUT2D eigenvalue weighted by Gasteiger charge is 2.43. The Kier molecular flexibility index (Phi) is 7.43. The minimum atomic E-state index is -1.23. The fraction of sp³-hybridized carbons (Fsp3) is 0.250. The molecule has 3 N–H and O–H groups in total. The molecule has 1 saturated heterocycles. The van der Waals surface area contributed by atoms with Crippen LogP contribution in [0.4, 0.5) is 5.69 Å². The van der Waals surface area contributed by atoms with Crippen molar-refractivity contribution in [2.24, 2.45) is 0 Å². The van der Waals surface area contributed by atoms with Gasteiger partial charge in [0.05, 0.1) is 0 Å². The number of carbonyl (C=O) groups is 2. The van der Waals surface area contributed by atoms with E-state index in [2.05, 4.69) is 45.9 Å². The maximum atomic E-state index is 12.2. The monoisotopic (exact) mass is 574 g/mol.